The van der Waals surface area contributed by atoms with Crippen LogP contribution < -0.4 is 5.73 Å². The summed E-state index contributed by atoms with van der Waals surface area (Å²) in [7, 11) is 0. The van der Waals surface area contributed by atoms with Gasteiger partial charge < -0.3 is 5.73 Å². The number of rotatable bonds is 3. The first-order chi connectivity index (χ1) is 8.22. The van der Waals surface area contributed by atoms with E-state index in [1.165, 1.54) is 17.8 Å². The second kappa shape index (κ2) is 5.54. The van der Waals surface area contributed by atoms with Crippen molar-refractivity contribution in [2.45, 2.75) is 16.3 Å². The molecule has 0 aliphatic carbocycles. The summed E-state index contributed by atoms with van der Waals surface area (Å²) < 4.78 is 13.5. The monoisotopic (exact) mass is 267 g/mol. The summed E-state index contributed by atoms with van der Waals surface area (Å²) in [4.78, 5) is 1.37. The lowest BCUT2D eigenvalue weighted by atomic mass is 10.2. The Kier molecular flexibility index (Phi) is 4.05. The molecule has 1 nitrogen and oxygen atoms in total. The van der Waals surface area contributed by atoms with Crippen LogP contribution in [-0.4, -0.2) is 0 Å². The van der Waals surface area contributed by atoms with Gasteiger partial charge >= 0.3 is 0 Å². The molecule has 0 aliphatic heterocycles. The van der Waals surface area contributed by atoms with Crippen LogP contribution in [0.15, 0.2) is 52.3 Å². The van der Waals surface area contributed by atoms with E-state index in [4.69, 9.17) is 17.3 Å². The molecule has 0 aromatic heterocycles. The highest BCUT2D eigenvalue weighted by Crippen LogP contribution is 2.36. The summed E-state index contributed by atoms with van der Waals surface area (Å²) in [6.07, 6.45) is 0. The molecule has 0 unspecified atom stereocenters. The zero-order chi connectivity index (χ0) is 12.3. The van der Waals surface area contributed by atoms with E-state index in [-0.39, 0.29) is 5.82 Å². The van der Waals surface area contributed by atoms with Crippen LogP contribution in [0.5, 0.6) is 0 Å². The molecular formula is C13H11ClFNS. The minimum Gasteiger partial charge on any atom is -0.326 e. The first-order valence-corrected chi connectivity index (χ1v) is 6.31. The molecule has 0 atom stereocenters. The highest BCUT2D eigenvalue weighted by Gasteiger charge is 2.10. The van der Waals surface area contributed by atoms with E-state index < -0.39 is 0 Å². The molecule has 88 valence electrons. The Morgan fingerprint density at radius 3 is 2.59 bits per heavy atom. The van der Waals surface area contributed by atoms with Gasteiger partial charge in [0.15, 0.2) is 0 Å². The van der Waals surface area contributed by atoms with Gasteiger partial charge in [0.1, 0.15) is 5.82 Å². The standard InChI is InChI=1S/C13H11ClFNS/c14-10-5-3-4-9(8-16)13(10)17-12-7-2-1-6-11(12)15/h1-7H,8,16H2. The molecule has 2 rings (SSSR count). The van der Waals surface area contributed by atoms with Gasteiger partial charge in [0.25, 0.3) is 0 Å². The van der Waals surface area contributed by atoms with Crippen LogP contribution in [0, 0.1) is 5.82 Å². The molecular weight excluding hydrogens is 257 g/mol. The molecule has 0 radical (unpaired) electrons. The van der Waals surface area contributed by atoms with E-state index in [2.05, 4.69) is 0 Å². The normalized spacial score (nSPS) is 10.5. The van der Waals surface area contributed by atoms with Crippen LogP contribution in [0.25, 0.3) is 0 Å². The summed E-state index contributed by atoms with van der Waals surface area (Å²) in [6, 6.07) is 12.1. The van der Waals surface area contributed by atoms with Gasteiger partial charge in [-0.05, 0) is 23.8 Å². The second-order valence-corrected chi connectivity index (χ2v) is 4.92. The molecule has 2 aromatic rings. The van der Waals surface area contributed by atoms with Crippen molar-refractivity contribution in [1.29, 1.82) is 0 Å². The van der Waals surface area contributed by atoms with E-state index in [0.717, 1.165) is 10.5 Å². The van der Waals surface area contributed by atoms with Crippen molar-refractivity contribution in [1.82, 2.24) is 0 Å². The van der Waals surface area contributed by atoms with Crippen molar-refractivity contribution in [2.24, 2.45) is 5.73 Å². The van der Waals surface area contributed by atoms with Crippen LogP contribution >= 0.6 is 23.4 Å². The van der Waals surface area contributed by atoms with E-state index >= 15 is 0 Å². The maximum Gasteiger partial charge on any atom is 0.137 e. The van der Waals surface area contributed by atoms with Crippen molar-refractivity contribution in [2.75, 3.05) is 0 Å². The third-order valence-electron chi connectivity index (χ3n) is 2.32. The zero-order valence-corrected chi connectivity index (χ0v) is 10.6. The SMILES string of the molecule is NCc1cccc(Cl)c1Sc1ccccc1F. The number of nitrogens with two attached hydrogens (primary N) is 1. The fourth-order valence-corrected chi connectivity index (χ4v) is 2.76. The lowest BCUT2D eigenvalue weighted by Gasteiger charge is -2.09. The molecule has 0 fully saturated rings. The number of halogens is 2. The first-order valence-electron chi connectivity index (χ1n) is 5.12. The van der Waals surface area contributed by atoms with Gasteiger partial charge in [-0.1, -0.05) is 47.6 Å². The molecule has 0 bridgehead atoms. The van der Waals surface area contributed by atoms with Crippen LogP contribution in [0.3, 0.4) is 0 Å². The average molecular weight is 268 g/mol. The highest BCUT2D eigenvalue weighted by atomic mass is 35.5. The lowest BCUT2D eigenvalue weighted by molar-refractivity contribution is 0.602. The van der Waals surface area contributed by atoms with Gasteiger partial charge in [0.2, 0.25) is 0 Å². The van der Waals surface area contributed by atoms with Crippen molar-refractivity contribution in [3.8, 4) is 0 Å². The van der Waals surface area contributed by atoms with Crippen LogP contribution in [0.1, 0.15) is 5.56 Å². The van der Waals surface area contributed by atoms with Crippen molar-refractivity contribution >= 4 is 23.4 Å². The molecule has 2 N–H and O–H groups in total. The van der Waals surface area contributed by atoms with Crippen LogP contribution in [0.4, 0.5) is 4.39 Å². The Balaban J connectivity index is 2.39. The quantitative estimate of drug-likeness (QED) is 0.906. The topological polar surface area (TPSA) is 26.0 Å². The summed E-state index contributed by atoms with van der Waals surface area (Å²) in [6.45, 7) is 0.386. The van der Waals surface area contributed by atoms with Crippen LogP contribution in [-0.2, 0) is 6.54 Å². The molecule has 0 saturated heterocycles. The van der Waals surface area contributed by atoms with Crippen LogP contribution in [0.2, 0.25) is 5.02 Å². The van der Waals surface area contributed by atoms with Gasteiger partial charge in [0.05, 0.1) is 5.02 Å². The third-order valence-corrected chi connectivity index (χ3v) is 3.98. The lowest BCUT2D eigenvalue weighted by Crippen LogP contribution is -1.98. The average Bonchev–Trinajstić information content (AvgIpc) is 2.34. The smallest absolute Gasteiger partial charge is 0.137 e. The predicted octanol–water partition coefficient (Wildman–Crippen LogP) is 4.09. The predicted molar refractivity (Wildman–Crippen MR) is 69.9 cm³/mol. The Morgan fingerprint density at radius 1 is 1.12 bits per heavy atom. The number of benzene rings is 2. The second-order valence-electron chi connectivity index (χ2n) is 3.46. The molecule has 2 aromatic carbocycles. The Hall–Kier alpha value is -1.03. The van der Waals surface area contributed by atoms with Crippen molar-refractivity contribution in [3.63, 3.8) is 0 Å². The maximum absolute atomic E-state index is 13.5. The zero-order valence-electron chi connectivity index (χ0n) is 8.99. The minimum atomic E-state index is -0.250. The van der Waals surface area contributed by atoms with Gasteiger partial charge in [-0.3, -0.25) is 0 Å². The van der Waals surface area contributed by atoms with Crippen molar-refractivity contribution in [3.05, 3.63) is 58.9 Å². The Morgan fingerprint density at radius 2 is 1.88 bits per heavy atom. The maximum atomic E-state index is 13.5. The largest absolute Gasteiger partial charge is 0.326 e. The third kappa shape index (κ3) is 2.80. The first kappa shape index (κ1) is 12.4. The highest BCUT2D eigenvalue weighted by molar-refractivity contribution is 7.99. The molecule has 0 saturated carbocycles. The Bertz CT molecular complexity index is 531. The summed E-state index contributed by atoms with van der Waals surface area (Å²) >= 11 is 7.42. The van der Waals surface area contributed by atoms with E-state index in [9.17, 15) is 4.39 Å². The molecule has 17 heavy (non-hydrogen) atoms. The van der Waals surface area contributed by atoms with E-state index in [1.54, 1.807) is 24.3 Å². The Labute approximate surface area is 109 Å². The summed E-state index contributed by atoms with van der Waals surface area (Å²) in [5, 5.41) is 0.598. The van der Waals surface area contributed by atoms with Gasteiger partial charge in [-0.15, -0.1) is 0 Å². The molecule has 4 heteroatoms. The summed E-state index contributed by atoms with van der Waals surface area (Å²) in [5.74, 6) is -0.250. The van der Waals surface area contributed by atoms with Gasteiger partial charge in [0, 0.05) is 16.3 Å². The van der Waals surface area contributed by atoms with Crippen molar-refractivity contribution < 1.29 is 4.39 Å². The molecule has 0 spiro atoms. The molecule has 0 aliphatic rings. The number of hydrogen-bond acceptors (Lipinski definition) is 2. The van der Waals surface area contributed by atoms with Gasteiger partial charge in [-0.2, -0.15) is 0 Å². The number of hydrogen-bond donors (Lipinski definition) is 1. The molecule has 0 amide bonds. The molecule has 0 heterocycles. The summed E-state index contributed by atoms with van der Waals surface area (Å²) in [5.41, 5.74) is 6.57. The van der Waals surface area contributed by atoms with Gasteiger partial charge in [-0.25, -0.2) is 4.39 Å². The fourth-order valence-electron chi connectivity index (χ4n) is 1.47. The van der Waals surface area contributed by atoms with E-state index in [1.807, 2.05) is 12.1 Å². The van der Waals surface area contributed by atoms with E-state index in [0.29, 0.717) is 16.5 Å². The fraction of sp³-hybridized carbons (Fsp3) is 0.0769. The minimum absolute atomic E-state index is 0.250.